The van der Waals surface area contributed by atoms with Crippen molar-refractivity contribution in [2.75, 3.05) is 7.11 Å². The first-order chi connectivity index (χ1) is 9.42. The van der Waals surface area contributed by atoms with Crippen molar-refractivity contribution in [1.82, 2.24) is 5.43 Å². The van der Waals surface area contributed by atoms with E-state index in [-0.39, 0.29) is 0 Å². The van der Waals surface area contributed by atoms with E-state index in [1.54, 1.807) is 34.0 Å². The number of benzene rings is 1. The highest BCUT2D eigenvalue weighted by molar-refractivity contribution is 5.80. The van der Waals surface area contributed by atoms with Crippen LogP contribution >= 0.6 is 0 Å². The first-order valence-corrected chi connectivity index (χ1v) is 6.24. The number of hydrogen-bond donors (Lipinski definition) is 1. The summed E-state index contributed by atoms with van der Waals surface area (Å²) in [6, 6.07) is 7.60. The fourth-order valence-electron chi connectivity index (χ4n) is 1.38. The molecule has 0 aromatic heterocycles. The van der Waals surface area contributed by atoms with Crippen molar-refractivity contribution in [3.63, 3.8) is 0 Å². The summed E-state index contributed by atoms with van der Waals surface area (Å²) in [5.74, 6) is 0.775. The van der Waals surface area contributed by atoms with Crippen LogP contribution in [0.2, 0.25) is 0 Å². The Morgan fingerprint density at radius 1 is 1.30 bits per heavy atom. The van der Waals surface area contributed by atoms with E-state index in [1.165, 1.54) is 6.21 Å². The number of carbonyl (C=O) groups excluding carboxylic acids is 1. The number of para-hydroxylation sites is 1. The van der Waals surface area contributed by atoms with Gasteiger partial charge >= 0.3 is 6.09 Å². The van der Waals surface area contributed by atoms with Crippen LogP contribution in [-0.2, 0) is 4.74 Å². The Balaban J connectivity index is 2.48. The Hall–Kier alpha value is -2.30. The third kappa shape index (κ3) is 6.04. The summed E-state index contributed by atoms with van der Waals surface area (Å²) in [6.45, 7) is 5.37. The Morgan fingerprint density at radius 3 is 2.65 bits per heavy atom. The molecule has 0 atom stereocenters. The Bertz CT molecular complexity index is 502. The molecule has 0 unspecified atom stereocenters. The highest BCUT2D eigenvalue weighted by atomic mass is 16.6. The zero-order valence-electron chi connectivity index (χ0n) is 12.2. The van der Waals surface area contributed by atoms with Gasteiger partial charge in [-0.1, -0.05) is 18.2 Å². The summed E-state index contributed by atoms with van der Waals surface area (Å²) in [6.07, 6.45) is 4.42. The normalized spacial score (nSPS) is 11.8. The largest absolute Gasteiger partial charge is 0.496 e. The fourth-order valence-corrected chi connectivity index (χ4v) is 1.38. The van der Waals surface area contributed by atoms with Gasteiger partial charge in [-0.3, -0.25) is 0 Å². The molecular weight excluding hydrogens is 256 g/mol. The number of nitrogens with zero attached hydrogens (tertiary/aromatic N) is 1. The van der Waals surface area contributed by atoms with Crippen LogP contribution in [0.15, 0.2) is 35.4 Å². The van der Waals surface area contributed by atoms with Gasteiger partial charge in [0.1, 0.15) is 11.4 Å². The number of carbonyl (C=O) groups is 1. The van der Waals surface area contributed by atoms with E-state index in [1.807, 2.05) is 30.3 Å². The summed E-state index contributed by atoms with van der Waals surface area (Å²) >= 11 is 0. The summed E-state index contributed by atoms with van der Waals surface area (Å²) in [7, 11) is 1.62. The molecule has 1 amide bonds. The molecule has 0 bridgehead atoms. The fraction of sp³-hybridized carbons (Fsp3) is 0.333. The van der Waals surface area contributed by atoms with Crippen LogP contribution in [0.3, 0.4) is 0 Å². The van der Waals surface area contributed by atoms with Crippen molar-refractivity contribution in [1.29, 1.82) is 0 Å². The number of hydrogen-bond acceptors (Lipinski definition) is 4. The van der Waals surface area contributed by atoms with E-state index >= 15 is 0 Å². The minimum absolute atomic E-state index is 0.535. The van der Waals surface area contributed by atoms with Crippen LogP contribution in [-0.4, -0.2) is 25.0 Å². The highest BCUT2D eigenvalue weighted by Gasteiger charge is 2.15. The predicted molar refractivity (Wildman–Crippen MR) is 79.9 cm³/mol. The highest BCUT2D eigenvalue weighted by Crippen LogP contribution is 2.18. The van der Waals surface area contributed by atoms with Gasteiger partial charge in [0, 0.05) is 11.8 Å². The molecule has 5 heteroatoms. The molecule has 0 fully saturated rings. The molecule has 0 spiro atoms. The quantitative estimate of drug-likeness (QED) is 0.678. The first-order valence-electron chi connectivity index (χ1n) is 6.24. The lowest BCUT2D eigenvalue weighted by Crippen LogP contribution is -2.29. The Morgan fingerprint density at radius 2 is 2.00 bits per heavy atom. The van der Waals surface area contributed by atoms with Crippen molar-refractivity contribution < 1.29 is 14.3 Å². The minimum Gasteiger partial charge on any atom is -0.496 e. The number of hydrazone groups is 1. The Kier molecular flexibility index (Phi) is 5.77. The molecule has 5 nitrogen and oxygen atoms in total. The smallest absolute Gasteiger partial charge is 0.428 e. The van der Waals surface area contributed by atoms with Crippen LogP contribution in [0.5, 0.6) is 5.75 Å². The zero-order valence-corrected chi connectivity index (χ0v) is 12.2. The second kappa shape index (κ2) is 7.33. The third-order valence-electron chi connectivity index (χ3n) is 2.13. The lowest BCUT2D eigenvalue weighted by Gasteiger charge is -2.18. The van der Waals surface area contributed by atoms with Gasteiger partial charge in [0.05, 0.1) is 7.11 Å². The number of methoxy groups -OCH3 is 1. The molecule has 0 heterocycles. The van der Waals surface area contributed by atoms with E-state index < -0.39 is 11.7 Å². The number of allylic oxidation sites excluding steroid dienone is 1. The average molecular weight is 276 g/mol. The molecule has 0 aliphatic carbocycles. The van der Waals surface area contributed by atoms with Gasteiger partial charge in [-0.05, 0) is 39.0 Å². The standard InChI is InChI=1S/C15H20N2O3/c1-15(2,3)20-14(18)17-16-11-7-9-12-8-5-6-10-13(12)19-4/h5-11H,1-4H3,(H,17,18). The average Bonchev–Trinajstić information content (AvgIpc) is 2.36. The SMILES string of the molecule is COc1ccccc1C=CC=NNC(=O)OC(C)(C)C. The maximum atomic E-state index is 11.3. The molecule has 0 aliphatic rings. The number of ether oxygens (including phenoxy) is 2. The first kappa shape index (κ1) is 15.8. The second-order valence-corrected chi connectivity index (χ2v) is 4.99. The van der Waals surface area contributed by atoms with E-state index in [0.717, 1.165) is 11.3 Å². The van der Waals surface area contributed by atoms with Gasteiger partial charge in [0.25, 0.3) is 0 Å². The van der Waals surface area contributed by atoms with E-state index in [0.29, 0.717) is 0 Å². The van der Waals surface area contributed by atoms with Crippen LogP contribution in [0.25, 0.3) is 6.08 Å². The topological polar surface area (TPSA) is 59.9 Å². The molecule has 0 saturated heterocycles. The summed E-state index contributed by atoms with van der Waals surface area (Å²) in [4.78, 5) is 11.3. The van der Waals surface area contributed by atoms with Crippen LogP contribution in [0, 0.1) is 0 Å². The summed E-state index contributed by atoms with van der Waals surface area (Å²) in [5, 5.41) is 3.75. The van der Waals surface area contributed by atoms with Crippen molar-refractivity contribution in [3.8, 4) is 5.75 Å². The molecule has 108 valence electrons. The molecule has 20 heavy (non-hydrogen) atoms. The zero-order chi connectivity index (χ0) is 15.0. The van der Waals surface area contributed by atoms with Gasteiger partial charge in [-0.25, -0.2) is 10.2 Å². The molecule has 1 N–H and O–H groups in total. The number of amides is 1. The number of rotatable bonds is 4. The van der Waals surface area contributed by atoms with Gasteiger partial charge < -0.3 is 9.47 Å². The van der Waals surface area contributed by atoms with Crippen molar-refractivity contribution in [2.24, 2.45) is 5.10 Å². The van der Waals surface area contributed by atoms with Crippen molar-refractivity contribution in [2.45, 2.75) is 26.4 Å². The summed E-state index contributed by atoms with van der Waals surface area (Å²) < 4.78 is 10.2. The van der Waals surface area contributed by atoms with Crippen molar-refractivity contribution >= 4 is 18.4 Å². The maximum absolute atomic E-state index is 11.3. The molecule has 0 aliphatic heterocycles. The maximum Gasteiger partial charge on any atom is 0.428 e. The van der Waals surface area contributed by atoms with E-state index in [2.05, 4.69) is 10.5 Å². The van der Waals surface area contributed by atoms with Gasteiger partial charge in [0.15, 0.2) is 0 Å². The second-order valence-electron chi connectivity index (χ2n) is 4.99. The van der Waals surface area contributed by atoms with E-state index in [9.17, 15) is 4.79 Å². The molecule has 1 rings (SSSR count). The molecular formula is C15H20N2O3. The molecule has 0 radical (unpaired) electrons. The van der Waals surface area contributed by atoms with Crippen LogP contribution < -0.4 is 10.2 Å². The molecule has 1 aromatic carbocycles. The Labute approximate surface area is 119 Å². The van der Waals surface area contributed by atoms with Gasteiger partial charge in [0.2, 0.25) is 0 Å². The lowest BCUT2D eigenvalue weighted by molar-refractivity contribution is 0.0529. The minimum atomic E-state index is -0.584. The molecule has 0 saturated carbocycles. The van der Waals surface area contributed by atoms with Gasteiger partial charge in [-0.2, -0.15) is 5.10 Å². The lowest BCUT2D eigenvalue weighted by atomic mass is 10.2. The van der Waals surface area contributed by atoms with Crippen molar-refractivity contribution in [3.05, 3.63) is 35.9 Å². The van der Waals surface area contributed by atoms with E-state index in [4.69, 9.17) is 9.47 Å². The number of nitrogens with one attached hydrogen (secondary N) is 1. The predicted octanol–water partition coefficient (Wildman–Crippen LogP) is 3.22. The van der Waals surface area contributed by atoms with Gasteiger partial charge in [-0.15, -0.1) is 0 Å². The monoisotopic (exact) mass is 276 g/mol. The molecule has 1 aromatic rings. The third-order valence-corrected chi connectivity index (χ3v) is 2.13. The van der Waals surface area contributed by atoms with Crippen LogP contribution in [0.4, 0.5) is 4.79 Å². The summed E-state index contributed by atoms with van der Waals surface area (Å²) in [5.41, 5.74) is 2.67. The van der Waals surface area contributed by atoms with Crippen LogP contribution in [0.1, 0.15) is 26.3 Å².